The van der Waals surface area contributed by atoms with Gasteiger partial charge in [-0.15, -0.1) is 0 Å². The van der Waals surface area contributed by atoms with E-state index >= 15 is 0 Å². The van der Waals surface area contributed by atoms with Gasteiger partial charge in [0, 0.05) is 11.6 Å². The first-order valence-corrected chi connectivity index (χ1v) is 6.60. The Balaban J connectivity index is 2.28. The number of benzene rings is 2. The molecule has 2 aromatic carbocycles. The summed E-state index contributed by atoms with van der Waals surface area (Å²) in [6.07, 6.45) is 0. The SMILES string of the molecule is CC(Nc1ccc(C(N)=S)c(F)c1F)c1cccc(F)c1. The van der Waals surface area contributed by atoms with Gasteiger partial charge in [0.05, 0.1) is 5.69 Å². The molecule has 0 aliphatic carbocycles. The Labute approximate surface area is 125 Å². The van der Waals surface area contributed by atoms with Gasteiger partial charge in [-0.3, -0.25) is 0 Å². The summed E-state index contributed by atoms with van der Waals surface area (Å²) in [6, 6.07) is 8.14. The molecule has 0 spiro atoms. The molecule has 0 aliphatic rings. The van der Waals surface area contributed by atoms with Crippen LogP contribution in [0.2, 0.25) is 0 Å². The summed E-state index contributed by atoms with van der Waals surface area (Å²) in [6.45, 7) is 1.72. The molecule has 0 radical (unpaired) electrons. The number of thiocarbonyl (C=S) groups is 1. The van der Waals surface area contributed by atoms with Gasteiger partial charge >= 0.3 is 0 Å². The summed E-state index contributed by atoms with van der Waals surface area (Å²) >= 11 is 4.64. The Hall–Kier alpha value is -2.08. The highest BCUT2D eigenvalue weighted by Crippen LogP contribution is 2.25. The van der Waals surface area contributed by atoms with Crippen molar-refractivity contribution in [1.82, 2.24) is 0 Å². The van der Waals surface area contributed by atoms with Crippen molar-refractivity contribution in [3.8, 4) is 0 Å². The summed E-state index contributed by atoms with van der Waals surface area (Å²) in [5.41, 5.74) is 5.74. The van der Waals surface area contributed by atoms with Crippen LogP contribution in [0.5, 0.6) is 0 Å². The molecule has 2 aromatic rings. The van der Waals surface area contributed by atoms with E-state index in [1.54, 1.807) is 19.1 Å². The Morgan fingerprint density at radius 1 is 1.14 bits per heavy atom. The van der Waals surface area contributed by atoms with Gasteiger partial charge in [-0.2, -0.15) is 0 Å². The summed E-state index contributed by atoms with van der Waals surface area (Å²) in [5, 5.41) is 2.79. The quantitative estimate of drug-likeness (QED) is 0.841. The van der Waals surface area contributed by atoms with Gasteiger partial charge in [0.1, 0.15) is 10.8 Å². The Kier molecular flexibility index (Phi) is 4.47. The molecule has 2 rings (SSSR count). The van der Waals surface area contributed by atoms with E-state index < -0.39 is 23.5 Å². The molecule has 0 aromatic heterocycles. The average molecular weight is 310 g/mol. The monoisotopic (exact) mass is 310 g/mol. The number of hydrogen-bond acceptors (Lipinski definition) is 2. The molecule has 0 heterocycles. The molecule has 0 saturated heterocycles. The Morgan fingerprint density at radius 3 is 2.48 bits per heavy atom. The van der Waals surface area contributed by atoms with Crippen molar-refractivity contribution in [2.45, 2.75) is 13.0 Å². The minimum atomic E-state index is -1.10. The number of hydrogen-bond donors (Lipinski definition) is 2. The maximum absolute atomic E-state index is 14.0. The number of rotatable bonds is 4. The zero-order chi connectivity index (χ0) is 15.6. The van der Waals surface area contributed by atoms with Gasteiger partial charge in [-0.1, -0.05) is 24.4 Å². The number of nitrogens with one attached hydrogen (secondary N) is 1. The van der Waals surface area contributed by atoms with E-state index in [-0.39, 0.29) is 16.2 Å². The number of halogens is 3. The first kappa shape index (κ1) is 15.3. The zero-order valence-electron chi connectivity index (χ0n) is 11.2. The van der Waals surface area contributed by atoms with Crippen molar-refractivity contribution in [1.29, 1.82) is 0 Å². The van der Waals surface area contributed by atoms with Crippen LogP contribution < -0.4 is 11.1 Å². The topological polar surface area (TPSA) is 38.0 Å². The molecule has 0 amide bonds. The molecule has 21 heavy (non-hydrogen) atoms. The molecule has 6 heteroatoms. The maximum atomic E-state index is 14.0. The molecule has 0 aliphatic heterocycles. The van der Waals surface area contributed by atoms with Gasteiger partial charge < -0.3 is 11.1 Å². The van der Waals surface area contributed by atoms with Crippen LogP contribution in [0.15, 0.2) is 36.4 Å². The lowest BCUT2D eigenvalue weighted by atomic mass is 10.1. The normalized spacial score (nSPS) is 12.0. The molecule has 2 nitrogen and oxygen atoms in total. The molecular formula is C15H13F3N2S. The van der Waals surface area contributed by atoms with Crippen molar-refractivity contribution in [2.75, 3.05) is 5.32 Å². The molecule has 0 saturated carbocycles. The van der Waals surface area contributed by atoms with Crippen molar-refractivity contribution < 1.29 is 13.2 Å². The highest BCUT2D eigenvalue weighted by molar-refractivity contribution is 7.80. The van der Waals surface area contributed by atoms with E-state index in [4.69, 9.17) is 5.73 Å². The maximum Gasteiger partial charge on any atom is 0.182 e. The molecule has 3 N–H and O–H groups in total. The van der Waals surface area contributed by atoms with Crippen LogP contribution in [0.1, 0.15) is 24.1 Å². The fraction of sp³-hybridized carbons (Fsp3) is 0.133. The minimum Gasteiger partial charge on any atom is -0.389 e. The van der Waals surface area contributed by atoms with E-state index in [0.29, 0.717) is 5.56 Å². The van der Waals surface area contributed by atoms with Crippen molar-refractivity contribution in [3.05, 3.63) is 65.0 Å². The average Bonchev–Trinajstić information content (AvgIpc) is 2.43. The highest BCUT2D eigenvalue weighted by atomic mass is 32.1. The van der Waals surface area contributed by atoms with E-state index in [1.807, 2.05) is 0 Å². The molecule has 0 bridgehead atoms. The first-order chi connectivity index (χ1) is 9.90. The van der Waals surface area contributed by atoms with E-state index in [9.17, 15) is 13.2 Å². The first-order valence-electron chi connectivity index (χ1n) is 6.20. The van der Waals surface area contributed by atoms with Crippen molar-refractivity contribution >= 4 is 22.9 Å². The molecule has 0 fully saturated rings. The fourth-order valence-electron chi connectivity index (χ4n) is 1.94. The van der Waals surface area contributed by atoms with E-state index in [2.05, 4.69) is 17.5 Å². The van der Waals surface area contributed by atoms with E-state index in [1.165, 1.54) is 24.3 Å². The van der Waals surface area contributed by atoms with Gasteiger partial charge in [-0.05, 0) is 36.8 Å². The van der Waals surface area contributed by atoms with Crippen molar-refractivity contribution in [3.63, 3.8) is 0 Å². The lowest BCUT2D eigenvalue weighted by molar-refractivity contribution is 0.508. The van der Waals surface area contributed by atoms with Gasteiger partial charge in [-0.25, -0.2) is 13.2 Å². The predicted molar refractivity (Wildman–Crippen MR) is 80.7 cm³/mol. The Morgan fingerprint density at radius 2 is 1.86 bits per heavy atom. The van der Waals surface area contributed by atoms with Crippen molar-refractivity contribution in [2.24, 2.45) is 5.73 Å². The minimum absolute atomic E-state index is 0.0377. The van der Waals surface area contributed by atoms with E-state index in [0.717, 1.165) is 0 Å². The number of nitrogens with two attached hydrogens (primary N) is 1. The van der Waals surface area contributed by atoms with Crippen LogP contribution in [0.3, 0.4) is 0 Å². The summed E-state index contributed by atoms with van der Waals surface area (Å²) < 4.78 is 40.9. The zero-order valence-corrected chi connectivity index (χ0v) is 12.0. The molecule has 1 unspecified atom stereocenters. The van der Waals surface area contributed by atoms with Gasteiger partial charge in [0.25, 0.3) is 0 Å². The lowest BCUT2D eigenvalue weighted by Gasteiger charge is -2.17. The smallest absolute Gasteiger partial charge is 0.182 e. The van der Waals surface area contributed by atoms with Crippen LogP contribution >= 0.6 is 12.2 Å². The predicted octanol–water partition coefficient (Wildman–Crippen LogP) is 3.91. The molecule has 1 atom stereocenters. The second-order valence-electron chi connectivity index (χ2n) is 4.57. The summed E-state index contributed by atoms with van der Waals surface area (Å²) in [5.74, 6) is -2.56. The lowest BCUT2D eigenvalue weighted by Crippen LogP contribution is -2.15. The summed E-state index contributed by atoms with van der Waals surface area (Å²) in [7, 11) is 0. The Bertz CT molecular complexity index is 689. The standard InChI is InChI=1S/C15H13F3N2S/c1-8(9-3-2-4-10(16)7-9)20-12-6-5-11(15(19)21)13(17)14(12)18/h2-8,20H,1H3,(H2,19,21). The van der Waals surface area contributed by atoms with Gasteiger partial charge in [0.15, 0.2) is 11.6 Å². The van der Waals surface area contributed by atoms with Crippen LogP contribution in [0, 0.1) is 17.5 Å². The summed E-state index contributed by atoms with van der Waals surface area (Å²) in [4.78, 5) is -0.212. The molecular weight excluding hydrogens is 297 g/mol. The molecule has 110 valence electrons. The third-order valence-corrected chi connectivity index (χ3v) is 3.29. The van der Waals surface area contributed by atoms with Gasteiger partial charge in [0.2, 0.25) is 0 Å². The van der Waals surface area contributed by atoms with Crippen LogP contribution in [0.4, 0.5) is 18.9 Å². The third kappa shape index (κ3) is 3.33. The highest BCUT2D eigenvalue weighted by Gasteiger charge is 2.16. The number of anilines is 1. The van der Waals surface area contributed by atoms with Crippen LogP contribution in [-0.4, -0.2) is 4.99 Å². The van der Waals surface area contributed by atoms with Crippen LogP contribution in [0.25, 0.3) is 0 Å². The van der Waals surface area contributed by atoms with Crippen LogP contribution in [-0.2, 0) is 0 Å². The third-order valence-electron chi connectivity index (χ3n) is 3.07. The largest absolute Gasteiger partial charge is 0.389 e. The second-order valence-corrected chi connectivity index (χ2v) is 5.01. The fourth-order valence-corrected chi connectivity index (χ4v) is 2.10. The second kappa shape index (κ2) is 6.13.